The van der Waals surface area contributed by atoms with E-state index in [2.05, 4.69) is 20.7 Å². The number of amides is 1. The van der Waals surface area contributed by atoms with Crippen LogP contribution in [0.5, 0.6) is 0 Å². The van der Waals surface area contributed by atoms with E-state index < -0.39 is 0 Å². The molecule has 0 atom stereocenters. The van der Waals surface area contributed by atoms with Crippen LogP contribution in [-0.4, -0.2) is 21.3 Å². The zero-order chi connectivity index (χ0) is 11.7. The average Bonchev–Trinajstić information content (AvgIpc) is 2.79. The zero-order valence-corrected chi connectivity index (χ0v) is 9.29. The number of carbonyl (C=O) groups excluding carboxylic acids is 1. The maximum atomic E-state index is 11.7. The fourth-order valence-electron chi connectivity index (χ4n) is 1.25. The second-order valence-corrected chi connectivity index (χ2v) is 3.60. The minimum atomic E-state index is -0.327. The van der Waals surface area contributed by atoms with E-state index >= 15 is 0 Å². The summed E-state index contributed by atoms with van der Waals surface area (Å²) >= 11 is 0. The third kappa shape index (κ3) is 1.81. The molecular weight excluding hydrogens is 208 g/mol. The number of aromatic amines is 1. The lowest BCUT2D eigenvalue weighted by Gasteiger charge is -1.98. The van der Waals surface area contributed by atoms with Crippen LogP contribution in [0.2, 0.25) is 0 Å². The number of hydrogen-bond acceptors (Lipinski definition) is 4. The van der Waals surface area contributed by atoms with E-state index in [-0.39, 0.29) is 11.6 Å². The maximum absolute atomic E-state index is 11.7. The molecule has 0 aliphatic heterocycles. The van der Waals surface area contributed by atoms with Crippen molar-refractivity contribution in [2.45, 2.75) is 20.8 Å². The summed E-state index contributed by atoms with van der Waals surface area (Å²) in [6, 6.07) is 1.57. The summed E-state index contributed by atoms with van der Waals surface area (Å²) in [6.07, 6.45) is 0. The van der Waals surface area contributed by atoms with Crippen LogP contribution in [0.4, 0.5) is 5.82 Å². The van der Waals surface area contributed by atoms with E-state index in [1.165, 1.54) is 0 Å². The highest BCUT2D eigenvalue weighted by atomic mass is 16.5. The van der Waals surface area contributed by atoms with Crippen LogP contribution in [0.3, 0.4) is 0 Å². The van der Waals surface area contributed by atoms with E-state index in [4.69, 9.17) is 4.52 Å². The van der Waals surface area contributed by atoms with Crippen LogP contribution in [0.25, 0.3) is 0 Å². The van der Waals surface area contributed by atoms with Gasteiger partial charge in [0.05, 0.1) is 0 Å². The fourth-order valence-corrected chi connectivity index (χ4v) is 1.25. The first-order valence-electron chi connectivity index (χ1n) is 4.84. The van der Waals surface area contributed by atoms with Gasteiger partial charge in [-0.15, -0.1) is 0 Å². The van der Waals surface area contributed by atoms with Gasteiger partial charge in [0.15, 0.2) is 11.5 Å². The van der Waals surface area contributed by atoms with Crippen molar-refractivity contribution in [3.63, 3.8) is 0 Å². The van der Waals surface area contributed by atoms with Gasteiger partial charge in [-0.25, -0.2) is 0 Å². The average molecular weight is 220 g/mol. The van der Waals surface area contributed by atoms with Crippen molar-refractivity contribution in [2.24, 2.45) is 0 Å². The Labute approximate surface area is 92.0 Å². The van der Waals surface area contributed by atoms with Gasteiger partial charge in [-0.2, -0.15) is 5.10 Å². The van der Waals surface area contributed by atoms with E-state index in [1.807, 2.05) is 13.8 Å². The summed E-state index contributed by atoms with van der Waals surface area (Å²) < 4.78 is 4.82. The van der Waals surface area contributed by atoms with Gasteiger partial charge in [-0.1, -0.05) is 5.16 Å². The molecule has 6 nitrogen and oxygen atoms in total. The minimum Gasteiger partial charge on any atom is -0.361 e. The quantitative estimate of drug-likeness (QED) is 0.804. The van der Waals surface area contributed by atoms with Crippen LogP contribution in [-0.2, 0) is 0 Å². The molecule has 0 spiro atoms. The molecule has 0 saturated carbocycles. The molecular formula is C10H12N4O2. The summed E-state index contributed by atoms with van der Waals surface area (Å²) in [5, 5.41) is 13.0. The van der Waals surface area contributed by atoms with Gasteiger partial charge in [0, 0.05) is 17.3 Å². The lowest BCUT2D eigenvalue weighted by Crippen LogP contribution is -2.13. The third-order valence-corrected chi connectivity index (χ3v) is 2.35. The van der Waals surface area contributed by atoms with Crippen LogP contribution >= 0.6 is 0 Å². The first kappa shape index (κ1) is 10.4. The smallest absolute Gasteiger partial charge is 0.279 e. The summed E-state index contributed by atoms with van der Waals surface area (Å²) in [7, 11) is 0. The highest BCUT2D eigenvalue weighted by molar-refractivity contribution is 6.02. The number of nitrogens with zero attached hydrogens (tertiary/aromatic N) is 2. The summed E-state index contributed by atoms with van der Waals surface area (Å²) in [6.45, 7) is 5.49. The van der Waals surface area contributed by atoms with Crippen molar-refractivity contribution in [1.29, 1.82) is 0 Å². The van der Waals surface area contributed by atoms with Crippen LogP contribution in [0.1, 0.15) is 27.5 Å². The Morgan fingerprint density at radius 2 is 2.19 bits per heavy atom. The molecule has 0 aliphatic rings. The SMILES string of the molecule is Cc1cc(C(=O)Nc2n[nH]c(C)c2C)no1. The molecule has 2 N–H and O–H groups in total. The predicted octanol–water partition coefficient (Wildman–Crippen LogP) is 1.58. The topological polar surface area (TPSA) is 83.8 Å². The molecule has 0 aromatic carbocycles. The lowest BCUT2D eigenvalue weighted by molar-refractivity contribution is 0.101. The zero-order valence-electron chi connectivity index (χ0n) is 9.29. The molecule has 0 fully saturated rings. The molecule has 84 valence electrons. The highest BCUT2D eigenvalue weighted by Crippen LogP contribution is 2.14. The van der Waals surface area contributed by atoms with E-state index in [9.17, 15) is 4.79 Å². The minimum absolute atomic E-state index is 0.248. The molecule has 2 aromatic rings. The molecule has 0 unspecified atom stereocenters. The number of aryl methyl sites for hydroxylation is 2. The van der Waals surface area contributed by atoms with Crippen LogP contribution in [0.15, 0.2) is 10.6 Å². The van der Waals surface area contributed by atoms with Crippen molar-refractivity contribution in [3.8, 4) is 0 Å². The van der Waals surface area contributed by atoms with Crippen molar-refractivity contribution in [3.05, 3.63) is 28.8 Å². The van der Waals surface area contributed by atoms with E-state index in [1.54, 1.807) is 13.0 Å². The lowest BCUT2D eigenvalue weighted by atomic mass is 10.2. The number of H-pyrrole nitrogens is 1. The largest absolute Gasteiger partial charge is 0.361 e. The highest BCUT2D eigenvalue weighted by Gasteiger charge is 2.14. The Bertz CT molecular complexity index is 527. The molecule has 2 heterocycles. The van der Waals surface area contributed by atoms with Gasteiger partial charge >= 0.3 is 0 Å². The van der Waals surface area contributed by atoms with Gasteiger partial charge in [0.2, 0.25) is 0 Å². The molecule has 16 heavy (non-hydrogen) atoms. The molecule has 6 heteroatoms. The predicted molar refractivity (Wildman–Crippen MR) is 57.3 cm³/mol. The monoisotopic (exact) mass is 220 g/mol. The van der Waals surface area contributed by atoms with Gasteiger partial charge in [-0.3, -0.25) is 9.89 Å². The normalized spacial score (nSPS) is 10.4. The van der Waals surface area contributed by atoms with Crippen LogP contribution in [0, 0.1) is 20.8 Å². The standard InChI is InChI=1S/C10H12N4O2/c1-5-4-8(14-16-5)10(15)11-9-6(2)7(3)12-13-9/h4H,1-3H3,(H2,11,12,13,15). The summed E-state index contributed by atoms with van der Waals surface area (Å²) in [5.41, 5.74) is 2.08. The Morgan fingerprint density at radius 1 is 1.44 bits per heavy atom. The Morgan fingerprint density at radius 3 is 2.69 bits per heavy atom. The Hall–Kier alpha value is -2.11. The van der Waals surface area contributed by atoms with Gasteiger partial charge < -0.3 is 9.84 Å². The second-order valence-electron chi connectivity index (χ2n) is 3.60. The molecule has 0 aliphatic carbocycles. The summed E-state index contributed by atoms with van der Waals surface area (Å²) in [4.78, 5) is 11.7. The van der Waals surface area contributed by atoms with Gasteiger partial charge in [0.1, 0.15) is 5.76 Å². The number of aromatic nitrogens is 3. The van der Waals surface area contributed by atoms with Crippen molar-refractivity contribution in [1.82, 2.24) is 15.4 Å². The van der Waals surface area contributed by atoms with Crippen molar-refractivity contribution < 1.29 is 9.32 Å². The van der Waals surface area contributed by atoms with E-state index in [0.29, 0.717) is 11.6 Å². The first-order valence-corrected chi connectivity index (χ1v) is 4.84. The first-order chi connectivity index (χ1) is 7.58. The molecule has 1 amide bonds. The van der Waals surface area contributed by atoms with Gasteiger partial charge in [-0.05, 0) is 20.8 Å². The number of anilines is 1. The molecule has 2 aromatic heterocycles. The number of nitrogens with one attached hydrogen (secondary N) is 2. The molecule has 0 radical (unpaired) electrons. The van der Waals surface area contributed by atoms with Crippen LogP contribution < -0.4 is 5.32 Å². The van der Waals surface area contributed by atoms with Crippen molar-refractivity contribution in [2.75, 3.05) is 5.32 Å². The maximum Gasteiger partial charge on any atom is 0.279 e. The molecule has 2 rings (SSSR count). The second kappa shape index (κ2) is 3.80. The molecule has 0 saturated heterocycles. The number of rotatable bonds is 2. The number of hydrogen-bond donors (Lipinski definition) is 2. The number of carbonyl (C=O) groups is 1. The van der Waals surface area contributed by atoms with E-state index in [0.717, 1.165) is 11.3 Å². The summed E-state index contributed by atoms with van der Waals surface area (Å²) in [5.74, 6) is 0.787. The van der Waals surface area contributed by atoms with Crippen molar-refractivity contribution >= 4 is 11.7 Å². The fraction of sp³-hybridized carbons (Fsp3) is 0.300. The Kier molecular flexibility index (Phi) is 2.47. The molecule has 0 bridgehead atoms. The Balaban J connectivity index is 2.17. The third-order valence-electron chi connectivity index (χ3n) is 2.35. The van der Waals surface area contributed by atoms with Gasteiger partial charge in [0.25, 0.3) is 5.91 Å².